The van der Waals surface area contributed by atoms with Crippen molar-refractivity contribution in [3.8, 4) is 5.75 Å². The number of benzene rings is 1. The number of aryl methyl sites for hydroxylation is 1. The summed E-state index contributed by atoms with van der Waals surface area (Å²) in [6.07, 6.45) is -1.32. The molecule has 0 aromatic heterocycles. The van der Waals surface area contributed by atoms with Gasteiger partial charge in [-0.25, -0.2) is 0 Å². The highest BCUT2D eigenvalue weighted by molar-refractivity contribution is 5.38. The molecule has 2 N–H and O–H groups in total. The fourth-order valence-corrected chi connectivity index (χ4v) is 1.71. The monoisotopic (exact) mass is 284 g/mol. The molecule has 0 saturated heterocycles. The molecule has 5 nitrogen and oxygen atoms in total. The fourth-order valence-electron chi connectivity index (χ4n) is 1.71. The van der Waals surface area contributed by atoms with E-state index in [1.165, 1.54) is 0 Å². The summed E-state index contributed by atoms with van der Waals surface area (Å²) in [4.78, 5) is 0. The summed E-state index contributed by atoms with van der Waals surface area (Å²) in [7, 11) is 1.60. The van der Waals surface area contributed by atoms with Crippen LogP contribution in [0, 0.1) is 6.92 Å². The van der Waals surface area contributed by atoms with Crippen LogP contribution >= 0.6 is 0 Å². The van der Waals surface area contributed by atoms with Gasteiger partial charge in [-0.3, -0.25) is 0 Å². The van der Waals surface area contributed by atoms with E-state index in [-0.39, 0.29) is 13.2 Å². The molecule has 1 rings (SSSR count). The lowest BCUT2D eigenvalue weighted by atomic mass is 10.1. The third-order valence-corrected chi connectivity index (χ3v) is 2.79. The van der Waals surface area contributed by atoms with Crippen molar-refractivity contribution in [3.63, 3.8) is 0 Å². The highest BCUT2D eigenvalue weighted by Crippen LogP contribution is 2.26. The lowest BCUT2D eigenvalue weighted by molar-refractivity contribution is -0.00461. The second kappa shape index (κ2) is 8.92. The van der Waals surface area contributed by atoms with Crippen LogP contribution in [0.1, 0.15) is 24.2 Å². The van der Waals surface area contributed by atoms with Crippen molar-refractivity contribution in [2.24, 2.45) is 0 Å². The molecule has 0 heterocycles. The van der Waals surface area contributed by atoms with Crippen molar-refractivity contribution >= 4 is 0 Å². The minimum atomic E-state index is -0.714. The first-order valence-corrected chi connectivity index (χ1v) is 6.70. The van der Waals surface area contributed by atoms with Gasteiger partial charge in [0.05, 0.1) is 25.9 Å². The second-order valence-corrected chi connectivity index (χ2v) is 4.75. The molecule has 0 amide bonds. The minimum Gasteiger partial charge on any atom is -0.490 e. The standard InChI is InChI=1S/C15H24O5/c1-11-4-5-14(12(2)16)15(8-11)20-10-13(17)9-19-7-6-18-3/h4-5,8,12-13,16-17H,6-7,9-10H2,1-3H3/t12-,13?/m0/s1. The SMILES string of the molecule is COCCOCC(O)COc1cc(C)ccc1[C@H](C)O. The Morgan fingerprint density at radius 2 is 1.90 bits per heavy atom. The maximum atomic E-state index is 9.76. The van der Waals surface area contributed by atoms with E-state index in [1.807, 2.05) is 25.1 Å². The van der Waals surface area contributed by atoms with Gasteiger partial charge in [-0.15, -0.1) is 0 Å². The van der Waals surface area contributed by atoms with Gasteiger partial charge in [-0.2, -0.15) is 0 Å². The van der Waals surface area contributed by atoms with Crippen LogP contribution in [0.5, 0.6) is 5.75 Å². The van der Waals surface area contributed by atoms with E-state index >= 15 is 0 Å². The van der Waals surface area contributed by atoms with Crippen LogP contribution in [0.15, 0.2) is 18.2 Å². The predicted octanol–water partition coefficient (Wildman–Crippen LogP) is 1.45. The number of ether oxygens (including phenoxy) is 3. The van der Waals surface area contributed by atoms with E-state index in [0.717, 1.165) is 5.56 Å². The van der Waals surface area contributed by atoms with Crippen molar-refractivity contribution in [2.75, 3.05) is 33.5 Å². The van der Waals surface area contributed by atoms with Gasteiger partial charge in [-0.1, -0.05) is 12.1 Å². The Morgan fingerprint density at radius 3 is 2.55 bits per heavy atom. The normalized spacial score (nSPS) is 14.1. The minimum absolute atomic E-state index is 0.121. The summed E-state index contributed by atoms with van der Waals surface area (Å²) in [6, 6.07) is 5.59. The van der Waals surface area contributed by atoms with Gasteiger partial charge in [-0.05, 0) is 25.5 Å². The van der Waals surface area contributed by atoms with Crippen molar-refractivity contribution in [1.82, 2.24) is 0 Å². The molecule has 0 aliphatic heterocycles. The maximum Gasteiger partial charge on any atom is 0.125 e. The van der Waals surface area contributed by atoms with Gasteiger partial charge >= 0.3 is 0 Å². The van der Waals surface area contributed by atoms with E-state index < -0.39 is 12.2 Å². The Morgan fingerprint density at radius 1 is 1.15 bits per heavy atom. The first-order chi connectivity index (χ1) is 9.54. The Bertz CT molecular complexity index is 392. The van der Waals surface area contributed by atoms with Crippen LogP contribution in [0.25, 0.3) is 0 Å². The lowest BCUT2D eigenvalue weighted by Crippen LogP contribution is -2.24. The van der Waals surface area contributed by atoms with Crippen molar-refractivity contribution in [3.05, 3.63) is 29.3 Å². The number of rotatable bonds is 9. The number of aliphatic hydroxyl groups excluding tert-OH is 2. The largest absolute Gasteiger partial charge is 0.490 e. The molecular weight excluding hydrogens is 260 g/mol. The summed E-state index contributed by atoms with van der Waals surface area (Å²) in [5.41, 5.74) is 1.75. The predicted molar refractivity (Wildman–Crippen MR) is 76.0 cm³/mol. The molecule has 114 valence electrons. The van der Waals surface area contributed by atoms with Crippen LogP contribution in [0.4, 0.5) is 0 Å². The summed E-state index contributed by atoms with van der Waals surface area (Å²) in [5, 5.41) is 19.4. The Balaban J connectivity index is 2.46. The zero-order chi connectivity index (χ0) is 15.0. The van der Waals surface area contributed by atoms with Gasteiger partial charge in [0, 0.05) is 12.7 Å². The zero-order valence-electron chi connectivity index (χ0n) is 12.3. The van der Waals surface area contributed by atoms with Crippen LogP contribution in [0.2, 0.25) is 0 Å². The van der Waals surface area contributed by atoms with E-state index in [2.05, 4.69) is 0 Å². The molecule has 0 aliphatic rings. The number of methoxy groups -OCH3 is 1. The average Bonchev–Trinajstić information content (AvgIpc) is 2.41. The molecule has 0 bridgehead atoms. The van der Waals surface area contributed by atoms with Crippen molar-refractivity contribution in [2.45, 2.75) is 26.1 Å². The molecule has 2 atom stereocenters. The lowest BCUT2D eigenvalue weighted by Gasteiger charge is -2.17. The van der Waals surface area contributed by atoms with E-state index in [9.17, 15) is 10.2 Å². The summed E-state index contributed by atoms with van der Waals surface area (Å²) in [6.45, 7) is 4.88. The third kappa shape index (κ3) is 5.88. The van der Waals surface area contributed by atoms with E-state index in [1.54, 1.807) is 14.0 Å². The molecule has 5 heteroatoms. The number of hydrogen-bond acceptors (Lipinski definition) is 5. The molecule has 0 aliphatic carbocycles. The smallest absolute Gasteiger partial charge is 0.125 e. The summed E-state index contributed by atoms with van der Waals surface area (Å²) < 4.78 is 15.6. The molecule has 0 spiro atoms. The molecule has 20 heavy (non-hydrogen) atoms. The number of hydrogen-bond donors (Lipinski definition) is 2. The first-order valence-electron chi connectivity index (χ1n) is 6.70. The quantitative estimate of drug-likeness (QED) is 0.672. The average molecular weight is 284 g/mol. The molecule has 1 unspecified atom stereocenters. The molecule has 0 fully saturated rings. The molecule has 1 aromatic carbocycles. The summed E-state index contributed by atoms with van der Waals surface area (Å²) >= 11 is 0. The molecule has 1 aromatic rings. The molecule has 0 saturated carbocycles. The first kappa shape index (κ1) is 16.9. The Labute approximate surface area is 120 Å². The Hall–Kier alpha value is -1.14. The Kier molecular flexibility index (Phi) is 7.54. The van der Waals surface area contributed by atoms with Crippen LogP contribution < -0.4 is 4.74 Å². The molecular formula is C15H24O5. The molecule has 0 radical (unpaired) electrons. The van der Waals surface area contributed by atoms with Crippen LogP contribution in [-0.4, -0.2) is 49.9 Å². The highest BCUT2D eigenvalue weighted by Gasteiger charge is 2.12. The van der Waals surface area contributed by atoms with Crippen molar-refractivity contribution in [1.29, 1.82) is 0 Å². The van der Waals surface area contributed by atoms with Crippen LogP contribution in [0.3, 0.4) is 0 Å². The van der Waals surface area contributed by atoms with Gasteiger partial charge in [0.25, 0.3) is 0 Å². The zero-order valence-corrected chi connectivity index (χ0v) is 12.3. The second-order valence-electron chi connectivity index (χ2n) is 4.75. The van der Waals surface area contributed by atoms with Gasteiger partial charge < -0.3 is 24.4 Å². The fraction of sp³-hybridized carbons (Fsp3) is 0.600. The highest BCUT2D eigenvalue weighted by atomic mass is 16.5. The topological polar surface area (TPSA) is 68.2 Å². The van der Waals surface area contributed by atoms with E-state index in [0.29, 0.717) is 24.5 Å². The van der Waals surface area contributed by atoms with Gasteiger partial charge in [0.2, 0.25) is 0 Å². The van der Waals surface area contributed by atoms with Gasteiger partial charge in [0.15, 0.2) is 0 Å². The van der Waals surface area contributed by atoms with Crippen LogP contribution in [-0.2, 0) is 9.47 Å². The third-order valence-electron chi connectivity index (χ3n) is 2.79. The van der Waals surface area contributed by atoms with Gasteiger partial charge in [0.1, 0.15) is 18.5 Å². The summed E-state index contributed by atoms with van der Waals surface area (Å²) in [5.74, 6) is 0.593. The van der Waals surface area contributed by atoms with E-state index in [4.69, 9.17) is 14.2 Å². The number of aliphatic hydroxyl groups is 2. The maximum absolute atomic E-state index is 9.76. The van der Waals surface area contributed by atoms with Crippen molar-refractivity contribution < 1.29 is 24.4 Å².